The molecule has 2 rings (SSSR count). The molecule has 2 N–H and O–H groups in total. The smallest absolute Gasteiger partial charge is 0.0431 e. The van der Waals surface area contributed by atoms with E-state index in [1.54, 1.807) is 0 Å². The average Bonchev–Trinajstić information content (AvgIpc) is 2.73. The molecule has 0 aromatic heterocycles. The lowest BCUT2D eigenvalue weighted by Crippen LogP contribution is -2.22. The van der Waals surface area contributed by atoms with Crippen LogP contribution in [-0.4, -0.2) is 24.0 Å². The molecule has 2 nitrogen and oxygen atoms in total. The molecular weight excluding hydrogens is 218 g/mol. The number of aliphatic hydroxyl groups is 1. The van der Waals surface area contributed by atoms with Crippen LogP contribution in [0, 0.1) is 0 Å². The molecule has 0 saturated heterocycles. The highest BCUT2D eigenvalue weighted by atomic mass is 32.2. The van der Waals surface area contributed by atoms with Crippen molar-refractivity contribution in [1.29, 1.82) is 0 Å². The maximum atomic E-state index is 8.68. The van der Waals surface area contributed by atoms with Crippen LogP contribution in [0.4, 0.5) is 0 Å². The van der Waals surface area contributed by atoms with Crippen LogP contribution in [0.25, 0.3) is 0 Å². The molecule has 1 unspecified atom stereocenters. The summed E-state index contributed by atoms with van der Waals surface area (Å²) in [5.41, 5.74) is 1.45. The summed E-state index contributed by atoms with van der Waals surface area (Å²) in [6, 6.07) is 9.17. The number of benzene rings is 1. The summed E-state index contributed by atoms with van der Waals surface area (Å²) in [7, 11) is 0. The molecule has 1 aromatic carbocycles. The summed E-state index contributed by atoms with van der Waals surface area (Å²) in [6.45, 7) is 1.38. The molecule has 0 bridgehead atoms. The molecule has 1 aliphatic rings. The number of hydrogen-bond acceptors (Lipinski definition) is 3. The first-order valence-electron chi connectivity index (χ1n) is 5.98. The fourth-order valence-corrected chi connectivity index (χ4v) is 3.22. The first-order valence-corrected chi connectivity index (χ1v) is 6.96. The molecule has 0 spiro atoms. The molecule has 1 heterocycles. The van der Waals surface area contributed by atoms with Crippen LogP contribution in [0.15, 0.2) is 29.2 Å². The van der Waals surface area contributed by atoms with Gasteiger partial charge in [0.15, 0.2) is 0 Å². The van der Waals surface area contributed by atoms with Gasteiger partial charge in [-0.2, -0.15) is 0 Å². The highest BCUT2D eigenvalue weighted by molar-refractivity contribution is 7.99. The highest BCUT2D eigenvalue weighted by Gasteiger charge is 2.21. The normalized spacial score (nSPS) is 18.7. The van der Waals surface area contributed by atoms with Gasteiger partial charge in [0.05, 0.1) is 0 Å². The number of fused-ring (bicyclic) bond motifs is 1. The van der Waals surface area contributed by atoms with E-state index in [0.717, 1.165) is 31.6 Å². The molecule has 0 aliphatic carbocycles. The van der Waals surface area contributed by atoms with E-state index < -0.39 is 0 Å². The Morgan fingerprint density at radius 1 is 1.25 bits per heavy atom. The third-order valence-corrected chi connectivity index (χ3v) is 4.11. The summed E-state index contributed by atoms with van der Waals surface area (Å²) in [4.78, 5) is 1.43. The predicted molar refractivity (Wildman–Crippen MR) is 68.8 cm³/mol. The van der Waals surface area contributed by atoms with Gasteiger partial charge in [-0.3, -0.25) is 0 Å². The third kappa shape index (κ3) is 3.00. The van der Waals surface area contributed by atoms with Crippen molar-refractivity contribution in [2.45, 2.75) is 30.2 Å². The van der Waals surface area contributed by atoms with Crippen molar-refractivity contribution in [3.05, 3.63) is 29.8 Å². The summed E-state index contributed by atoms with van der Waals surface area (Å²) >= 11 is 1.94. The number of aliphatic hydroxyl groups excluding tert-OH is 1. The van der Waals surface area contributed by atoms with E-state index in [9.17, 15) is 0 Å². The minimum atomic E-state index is 0.322. The van der Waals surface area contributed by atoms with E-state index in [4.69, 9.17) is 5.11 Å². The lowest BCUT2D eigenvalue weighted by atomic mass is 10.1. The topological polar surface area (TPSA) is 32.3 Å². The second kappa shape index (κ2) is 6.28. The van der Waals surface area contributed by atoms with Crippen molar-refractivity contribution in [3.8, 4) is 0 Å². The molecule has 0 fully saturated rings. The van der Waals surface area contributed by atoms with Gasteiger partial charge < -0.3 is 10.4 Å². The van der Waals surface area contributed by atoms with E-state index in [-0.39, 0.29) is 0 Å². The quantitative estimate of drug-likeness (QED) is 0.746. The summed E-state index contributed by atoms with van der Waals surface area (Å²) in [5, 5.41) is 12.3. The molecule has 1 atom stereocenters. The summed E-state index contributed by atoms with van der Waals surface area (Å²) in [6.07, 6.45) is 3.20. The Labute approximate surface area is 101 Å². The van der Waals surface area contributed by atoms with Crippen LogP contribution < -0.4 is 5.32 Å². The third-order valence-electron chi connectivity index (χ3n) is 2.93. The first kappa shape index (κ1) is 12.0. The van der Waals surface area contributed by atoms with Crippen LogP contribution in [0.2, 0.25) is 0 Å². The van der Waals surface area contributed by atoms with Gasteiger partial charge in [-0.1, -0.05) is 18.2 Å². The fraction of sp³-hybridized carbons (Fsp3) is 0.538. The molecule has 0 radical (unpaired) electrons. The monoisotopic (exact) mass is 237 g/mol. The van der Waals surface area contributed by atoms with Gasteiger partial charge >= 0.3 is 0 Å². The summed E-state index contributed by atoms with van der Waals surface area (Å²) in [5.74, 6) is 1.15. The van der Waals surface area contributed by atoms with E-state index in [1.807, 2.05) is 11.8 Å². The Balaban J connectivity index is 1.76. The zero-order valence-electron chi connectivity index (χ0n) is 9.48. The molecule has 3 heteroatoms. The average molecular weight is 237 g/mol. The Bertz CT molecular complexity index is 329. The van der Waals surface area contributed by atoms with Gasteiger partial charge in [-0.25, -0.2) is 0 Å². The lowest BCUT2D eigenvalue weighted by Gasteiger charge is -2.12. The number of thioether (sulfide) groups is 1. The van der Waals surface area contributed by atoms with Crippen LogP contribution >= 0.6 is 11.8 Å². The first-order chi connectivity index (χ1) is 7.92. The SMILES string of the molecule is OCCCCCNC1CSc2ccccc21. The number of rotatable bonds is 6. The Morgan fingerprint density at radius 2 is 2.12 bits per heavy atom. The van der Waals surface area contributed by atoms with Gasteiger partial charge in [0.2, 0.25) is 0 Å². The number of unbranched alkanes of at least 4 members (excludes halogenated alkanes) is 2. The Kier molecular flexibility index (Phi) is 4.69. The summed E-state index contributed by atoms with van der Waals surface area (Å²) < 4.78 is 0. The molecule has 0 amide bonds. The zero-order chi connectivity index (χ0) is 11.2. The fourth-order valence-electron chi connectivity index (χ4n) is 2.02. The Morgan fingerprint density at radius 3 is 3.00 bits per heavy atom. The zero-order valence-corrected chi connectivity index (χ0v) is 10.3. The largest absolute Gasteiger partial charge is 0.396 e. The van der Waals surface area contributed by atoms with Crippen molar-refractivity contribution >= 4 is 11.8 Å². The second-order valence-electron chi connectivity index (χ2n) is 4.14. The standard InChI is InChI=1S/C13H19NOS/c15-9-5-1-4-8-14-12-10-16-13-7-3-2-6-11(12)13/h2-3,6-7,12,14-15H,1,4-5,8-10H2. The van der Waals surface area contributed by atoms with Crippen molar-refractivity contribution in [2.75, 3.05) is 18.9 Å². The lowest BCUT2D eigenvalue weighted by molar-refractivity contribution is 0.282. The Hall–Kier alpha value is -0.510. The van der Waals surface area contributed by atoms with Gasteiger partial charge in [-0.05, 0) is 37.4 Å². The molecule has 1 aliphatic heterocycles. The molecular formula is C13H19NOS. The predicted octanol–water partition coefficient (Wildman–Crippen LogP) is 2.59. The van der Waals surface area contributed by atoms with Crippen LogP contribution in [0.3, 0.4) is 0 Å². The van der Waals surface area contributed by atoms with Crippen LogP contribution in [-0.2, 0) is 0 Å². The van der Waals surface area contributed by atoms with Crippen molar-refractivity contribution < 1.29 is 5.11 Å². The van der Waals surface area contributed by atoms with Crippen molar-refractivity contribution in [3.63, 3.8) is 0 Å². The van der Waals surface area contributed by atoms with E-state index in [2.05, 4.69) is 29.6 Å². The maximum Gasteiger partial charge on any atom is 0.0431 e. The van der Waals surface area contributed by atoms with E-state index in [1.165, 1.54) is 10.5 Å². The molecule has 0 saturated carbocycles. The maximum absolute atomic E-state index is 8.68. The van der Waals surface area contributed by atoms with Gasteiger partial charge in [-0.15, -0.1) is 11.8 Å². The molecule has 88 valence electrons. The van der Waals surface area contributed by atoms with Crippen LogP contribution in [0.1, 0.15) is 30.9 Å². The minimum Gasteiger partial charge on any atom is -0.396 e. The molecule has 16 heavy (non-hydrogen) atoms. The van der Waals surface area contributed by atoms with E-state index >= 15 is 0 Å². The van der Waals surface area contributed by atoms with E-state index in [0.29, 0.717) is 12.6 Å². The number of nitrogens with one attached hydrogen (secondary N) is 1. The van der Waals surface area contributed by atoms with Crippen LogP contribution in [0.5, 0.6) is 0 Å². The number of hydrogen-bond donors (Lipinski definition) is 2. The highest BCUT2D eigenvalue weighted by Crippen LogP contribution is 2.37. The van der Waals surface area contributed by atoms with Crippen molar-refractivity contribution in [2.24, 2.45) is 0 Å². The minimum absolute atomic E-state index is 0.322. The second-order valence-corrected chi connectivity index (χ2v) is 5.20. The van der Waals surface area contributed by atoms with Gasteiger partial charge in [0, 0.05) is 23.3 Å². The van der Waals surface area contributed by atoms with Gasteiger partial charge in [0.25, 0.3) is 0 Å². The van der Waals surface area contributed by atoms with Crippen molar-refractivity contribution in [1.82, 2.24) is 5.32 Å². The molecule has 1 aromatic rings. The van der Waals surface area contributed by atoms with Gasteiger partial charge in [0.1, 0.15) is 0 Å².